The SMILES string of the molecule is CC(=O)n1cc([C@@H](N)CCF)c2ccccc21. The molecule has 1 aromatic heterocycles. The van der Waals surface area contributed by atoms with Gasteiger partial charge in [0.15, 0.2) is 0 Å². The number of benzene rings is 1. The van der Waals surface area contributed by atoms with Gasteiger partial charge < -0.3 is 5.73 Å². The molecular formula is C13H15FN2O. The van der Waals surface area contributed by atoms with E-state index in [1.807, 2.05) is 24.3 Å². The molecule has 0 bridgehead atoms. The van der Waals surface area contributed by atoms with Gasteiger partial charge in [-0.1, -0.05) is 18.2 Å². The predicted molar refractivity (Wildman–Crippen MR) is 65.8 cm³/mol. The third kappa shape index (κ3) is 2.08. The molecule has 3 nitrogen and oxygen atoms in total. The van der Waals surface area contributed by atoms with Gasteiger partial charge in [0.25, 0.3) is 0 Å². The van der Waals surface area contributed by atoms with E-state index in [0.717, 1.165) is 16.5 Å². The number of hydrogen-bond acceptors (Lipinski definition) is 2. The Morgan fingerprint density at radius 2 is 2.18 bits per heavy atom. The standard InChI is InChI=1S/C13H15FN2O/c1-9(17)16-8-11(12(15)6-7-14)10-4-2-3-5-13(10)16/h2-5,8,12H,6-7,15H2,1H3/t12-/m0/s1. The lowest BCUT2D eigenvalue weighted by Crippen LogP contribution is -2.11. The molecule has 17 heavy (non-hydrogen) atoms. The number of carbonyl (C=O) groups is 1. The summed E-state index contributed by atoms with van der Waals surface area (Å²) in [7, 11) is 0. The molecule has 0 spiro atoms. The summed E-state index contributed by atoms with van der Waals surface area (Å²) in [6, 6.07) is 7.15. The minimum Gasteiger partial charge on any atom is -0.324 e. The van der Waals surface area contributed by atoms with Crippen molar-refractivity contribution in [2.45, 2.75) is 19.4 Å². The molecule has 0 saturated heterocycles. The lowest BCUT2D eigenvalue weighted by Gasteiger charge is -2.07. The van der Waals surface area contributed by atoms with E-state index in [1.165, 1.54) is 6.92 Å². The van der Waals surface area contributed by atoms with Gasteiger partial charge in [-0.25, -0.2) is 0 Å². The second kappa shape index (κ2) is 4.67. The first kappa shape index (κ1) is 11.8. The van der Waals surface area contributed by atoms with E-state index < -0.39 is 6.67 Å². The Bertz CT molecular complexity index is 547. The molecule has 0 aliphatic heterocycles. The van der Waals surface area contributed by atoms with Crippen molar-refractivity contribution < 1.29 is 9.18 Å². The van der Waals surface area contributed by atoms with Gasteiger partial charge in [0, 0.05) is 24.5 Å². The van der Waals surface area contributed by atoms with Crippen molar-refractivity contribution in [1.29, 1.82) is 0 Å². The Morgan fingerprint density at radius 3 is 2.82 bits per heavy atom. The first-order valence-corrected chi connectivity index (χ1v) is 5.57. The van der Waals surface area contributed by atoms with Crippen LogP contribution in [0, 0.1) is 0 Å². The summed E-state index contributed by atoms with van der Waals surface area (Å²) >= 11 is 0. The van der Waals surface area contributed by atoms with Gasteiger partial charge in [0.1, 0.15) is 0 Å². The Morgan fingerprint density at radius 1 is 1.47 bits per heavy atom. The highest BCUT2D eigenvalue weighted by molar-refractivity contribution is 5.93. The third-order valence-corrected chi connectivity index (χ3v) is 2.90. The molecule has 90 valence electrons. The molecule has 0 aliphatic carbocycles. The fourth-order valence-electron chi connectivity index (χ4n) is 2.04. The van der Waals surface area contributed by atoms with Gasteiger partial charge in [-0.2, -0.15) is 0 Å². The molecule has 1 atom stereocenters. The van der Waals surface area contributed by atoms with Crippen molar-refractivity contribution in [2.75, 3.05) is 6.67 Å². The van der Waals surface area contributed by atoms with Crippen molar-refractivity contribution in [1.82, 2.24) is 4.57 Å². The Labute approximate surface area is 99.0 Å². The third-order valence-electron chi connectivity index (χ3n) is 2.90. The Hall–Kier alpha value is -1.68. The molecule has 1 heterocycles. The van der Waals surface area contributed by atoms with Crippen LogP contribution in [-0.4, -0.2) is 17.1 Å². The summed E-state index contributed by atoms with van der Waals surface area (Å²) in [5.74, 6) is -0.0695. The van der Waals surface area contributed by atoms with Gasteiger partial charge in [0.05, 0.1) is 12.2 Å². The number of para-hydroxylation sites is 1. The number of carbonyl (C=O) groups excluding carboxylic acids is 1. The maximum absolute atomic E-state index is 12.3. The normalized spacial score (nSPS) is 12.9. The average molecular weight is 234 g/mol. The number of halogens is 1. The Balaban J connectivity index is 2.60. The highest BCUT2D eigenvalue weighted by Gasteiger charge is 2.15. The van der Waals surface area contributed by atoms with Crippen molar-refractivity contribution in [3.05, 3.63) is 36.0 Å². The van der Waals surface area contributed by atoms with Crippen LogP contribution in [0.2, 0.25) is 0 Å². The van der Waals surface area contributed by atoms with Gasteiger partial charge in [-0.3, -0.25) is 13.8 Å². The fourth-order valence-corrected chi connectivity index (χ4v) is 2.04. The molecule has 0 saturated carbocycles. The zero-order valence-corrected chi connectivity index (χ0v) is 9.69. The number of alkyl halides is 1. The molecule has 0 unspecified atom stereocenters. The summed E-state index contributed by atoms with van der Waals surface area (Å²) in [5.41, 5.74) is 7.57. The average Bonchev–Trinajstić information content (AvgIpc) is 2.69. The molecule has 0 aliphatic rings. The van der Waals surface area contributed by atoms with Gasteiger partial charge in [0.2, 0.25) is 5.91 Å². The first-order valence-electron chi connectivity index (χ1n) is 5.57. The van der Waals surface area contributed by atoms with E-state index in [0.29, 0.717) is 0 Å². The van der Waals surface area contributed by atoms with E-state index in [1.54, 1.807) is 10.8 Å². The Kier molecular flexibility index (Phi) is 3.24. The van der Waals surface area contributed by atoms with Crippen LogP contribution in [0.5, 0.6) is 0 Å². The highest BCUT2D eigenvalue weighted by Crippen LogP contribution is 2.27. The quantitative estimate of drug-likeness (QED) is 0.887. The van der Waals surface area contributed by atoms with Crippen LogP contribution in [0.1, 0.15) is 29.7 Å². The molecule has 4 heteroatoms. The van der Waals surface area contributed by atoms with Crippen LogP contribution in [0.3, 0.4) is 0 Å². The van der Waals surface area contributed by atoms with E-state index in [9.17, 15) is 9.18 Å². The molecule has 0 radical (unpaired) electrons. The van der Waals surface area contributed by atoms with Crippen molar-refractivity contribution in [3.63, 3.8) is 0 Å². The van der Waals surface area contributed by atoms with Gasteiger partial charge in [-0.15, -0.1) is 0 Å². The smallest absolute Gasteiger partial charge is 0.227 e. The van der Waals surface area contributed by atoms with E-state index >= 15 is 0 Å². The van der Waals surface area contributed by atoms with Gasteiger partial charge in [-0.05, 0) is 18.1 Å². The molecule has 0 fully saturated rings. The molecule has 2 rings (SSSR count). The summed E-state index contributed by atoms with van der Waals surface area (Å²) < 4.78 is 13.9. The van der Waals surface area contributed by atoms with E-state index in [4.69, 9.17) is 5.73 Å². The van der Waals surface area contributed by atoms with Crippen molar-refractivity contribution in [2.24, 2.45) is 5.73 Å². The van der Waals surface area contributed by atoms with Crippen LogP contribution in [-0.2, 0) is 0 Å². The largest absolute Gasteiger partial charge is 0.324 e. The zero-order chi connectivity index (χ0) is 12.4. The molecular weight excluding hydrogens is 219 g/mol. The highest BCUT2D eigenvalue weighted by atomic mass is 19.1. The number of aromatic nitrogens is 1. The number of hydrogen-bond donors (Lipinski definition) is 1. The number of fused-ring (bicyclic) bond motifs is 1. The maximum atomic E-state index is 12.3. The minimum atomic E-state index is -0.458. The van der Waals surface area contributed by atoms with Crippen LogP contribution < -0.4 is 5.73 Å². The van der Waals surface area contributed by atoms with Crippen LogP contribution in [0.15, 0.2) is 30.5 Å². The summed E-state index contributed by atoms with van der Waals surface area (Å²) in [6.07, 6.45) is 1.99. The summed E-state index contributed by atoms with van der Waals surface area (Å²) in [6.45, 7) is 1.04. The van der Waals surface area contributed by atoms with Crippen LogP contribution in [0.4, 0.5) is 4.39 Å². The molecule has 1 aromatic carbocycles. The number of nitrogens with zero attached hydrogens (tertiary/aromatic N) is 1. The minimum absolute atomic E-state index is 0.0695. The number of nitrogens with two attached hydrogens (primary N) is 1. The van der Waals surface area contributed by atoms with Crippen LogP contribution in [0.25, 0.3) is 10.9 Å². The lowest BCUT2D eigenvalue weighted by atomic mass is 10.0. The molecule has 0 amide bonds. The first-order chi connectivity index (χ1) is 8.15. The summed E-state index contributed by atoms with van der Waals surface area (Å²) in [4.78, 5) is 11.5. The molecule has 2 N–H and O–H groups in total. The number of rotatable bonds is 3. The van der Waals surface area contributed by atoms with E-state index in [2.05, 4.69) is 0 Å². The second-order valence-corrected chi connectivity index (χ2v) is 4.07. The fraction of sp³-hybridized carbons (Fsp3) is 0.308. The predicted octanol–water partition coefficient (Wildman–Crippen LogP) is 2.66. The van der Waals surface area contributed by atoms with Crippen molar-refractivity contribution in [3.8, 4) is 0 Å². The van der Waals surface area contributed by atoms with Crippen molar-refractivity contribution >= 4 is 16.8 Å². The topological polar surface area (TPSA) is 48.0 Å². The van der Waals surface area contributed by atoms with Gasteiger partial charge >= 0.3 is 0 Å². The summed E-state index contributed by atoms with van der Waals surface area (Å²) in [5, 5.41) is 0.920. The zero-order valence-electron chi connectivity index (χ0n) is 9.69. The van der Waals surface area contributed by atoms with Crippen LogP contribution >= 0.6 is 0 Å². The maximum Gasteiger partial charge on any atom is 0.227 e. The lowest BCUT2D eigenvalue weighted by molar-refractivity contribution is 0.0941. The monoisotopic (exact) mass is 234 g/mol. The molecule has 2 aromatic rings. The second-order valence-electron chi connectivity index (χ2n) is 4.07. The van der Waals surface area contributed by atoms with E-state index in [-0.39, 0.29) is 18.4 Å².